The number of nitrogens with zero attached hydrogens (tertiary/aromatic N) is 1. The van der Waals surface area contributed by atoms with Crippen molar-refractivity contribution in [2.75, 3.05) is 0 Å². The van der Waals surface area contributed by atoms with Crippen LogP contribution in [0.5, 0.6) is 0 Å². The molecule has 0 bridgehead atoms. The minimum atomic E-state index is -2.75. The maximum absolute atomic E-state index is 12.5. The molecule has 0 radical (unpaired) electrons. The molecule has 0 aliphatic heterocycles. The Morgan fingerprint density at radius 3 is 2.67 bits per heavy atom. The number of carboxylic acid groups (broad SMARTS) is 1. The minimum absolute atomic E-state index is 0.0761. The molecule has 0 spiro atoms. The van der Waals surface area contributed by atoms with Crippen LogP contribution in [0.15, 0.2) is 6.20 Å². The molecule has 1 aromatic heterocycles. The smallest absolute Gasteiger partial charge is 0.338 e. The summed E-state index contributed by atoms with van der Waals surface area (Å²) in [5.74, 6) is -1.40. The van der Waals surface area contributed by atoms with Crippen molar-refractivity contribution in [1.82, 2.24) is 4.98 Å². The molecule has 0 unspecified atom stereocenters. The second-order valence-electron chi connectivity index (χ2n) is 2.59. The molecule has 0 fully saturated rings. The maximum Gasteiger partial charge on any atom is 0.338 e. The molecule has 7 heteroatoms. The fourth-order valence-corrected chi connectivity index (χ4v) is 2.34. The van der Waals surface area contributed by atoms with Crippen LogP contribution >= 0.6 is 34.2 Å². The molecule has 1 heterocycles. The van der Waals surface area contributed by atoms with Gasteiger partial charge in [-0.3, -0.25) is 4.98 Å². The maximum atomic E-state index is 12.5. The van der Waals surface area contributed by atoms with E-state index in [9.17, 15) is 13.6 Å². The van der Waals surface area contributed by atoms with Crippen LogP contribution in [-0.4, -0.2) is 16.1 Å². The van der Waals surface area contributed by atoms with Gasteiger partial charge in [-0.15, -0.1) is 11.6 Å². The fourth-order valence-electron chi connectivity index (χ4n) is 1.01. The topological polar surface area (TPSA) is 50.2 Å². The molecule has 0 amide bonds. The van der Waals surface area contributed by atoms with Crippen LogP contribution in [0.25, 0.3) is 0 Å². The highest BCUT2D eigenvalue weighted by Gasteiger charge is 2.21. The lowest BCUT2D eigenvalue weighted by Gasteiger charge is -2.09. The van der Waals surface area contributed by atoms with E-state index >= 15 is 0 Å². The highest BCUT2D eigenvalue weighted by Crippen LogP contribution is 2.27. The van der Waals surface area contributed by atoms with Crippen LogP contribution in [0.4, 0.5) is 8.78 Å². The van der Waals surface area contributed by atoms with Crippen LogP contribution in [0.1, 0.15) is 28.0 Å². The molecule has 15 heavy (non-hydrogen) atoms. The van der Waals surface area contributed by atoms with Crippen molar-refractivity contribution in [1.29, 1.82) is 0 Å². The Morgan fingerprint density at radius 2 is 2.27 bits per heavy atom. The molecular formula is C8H5ClF2INO2. The number of halogens is 4. The lowest BCUT2D eigenvalue weighted by Crippen LogP contribution is -2.08. The molecule has 0 atom stereocenters. The van der Waals surface area contributed by atoms with Gasteiger partial charge in [0.15, 0.2) is 0 Å². The SMILES string of the molecule is O=C(O)c1cnc(C(F)F)c(CCl)c1I. The molecule has 82 valence electrons. The molecular weight excluding hydrogens is 342 g/mol. The van der Waals surface area contributed by atoms with Crippen molar-refractivity contribution in [3.63, 3.8) is 0 Å². The van der Waals surface area contributed by atoms with E-state index in [-0.39, 0.29) is 20.6 Å². The van der Waals surface area contributed by atoms with Crippen molar-refractivity contribution in [3.8, 4) is 0 Å². The number of hydrogen-bond acceptors (Lipinski definition) is 2. The number of alkyl halides is 3. The van der Waals surface area contributed by atoms with E-state index in [1.165, 1.54) is 0 Å². The van der Waals surface area contributed by atoms with Crippen molar-refractivity contribution in [3.05, 3.63) is 26.6 Å². The summed E-state index contributed by atoms with van der Waals surface area (Å²) in [5.41, 5.74) is -0.498. The van der Waals surface area contributed by atoms with Crippen LogP contribution in [-0.2, 0) is 5.88 Å². The number of hydrogen-bond donors (Lipinski definition) is 1. The van der Waals surface area contributed by atoms with Crippen molar-refractivity contribution >= 4 is 40.2 Å². The zero-order valence-corrected chi connectivity index (χ0v) is 10.1. The first-order valence-electron chi connectivity index (χ1n) is 3.73. The number of aromatic carboxylic acids is 1. The van der Waals surface area contributed by atoms with Gasteiger partial charge in [0.1, 0.15) is 5.69 Å². The van der Waals surface area contributed by atoms with Gasteiger partial charge < -0.3 is 5.11 Å². The summed E-state index contributed by atoms with van der Waals surface area (Å²) in [7, 11) is 0. The molecule has 1 rings (SSSR count). The Balaban J connectivity index is 3.39. The van der Waals surface area contributed by atoms with E-state index in [2.05, 4.69) is 4.98 Å². The summed E-state index contributed by atoms with van der Waals surface area (Å²) < 4.78 is 25.1. The van der Waals surface area contributed by atoms with Crippen molar-refractivity contribution < 1.29 is 18.7 Å². The second kappa shape index (κ2) is 5.02. The van der Waals surface area contributed by atoms with Gasteiger partial charge in [-0.25, -0.2) is 13.6 Å². The van der Waals surface area contributed by atoms with Crippen LogP contribution in [0, 0.1) is 3.57 Å². The minimum Gasteiger partial charge on any atom is -0.478 e. The fraction of sp³-hybridized carbons (Fsp3) is 0.250. The average molecular weight is 347 g/mol. The largest absolute Gasteiger partial charge is 0.478 e. The molecule has 0 aromatic carbocycles. The summed E-state index contributed by atoms with van der Waals surface area (Å²) in [5, 5.41) is 8.74. The molecule has 1 aromatic rings. The Hall–Kier alpha value is -0.500. The zero-order chi connectivity index (χ0) is 11.6. The number of rotatable bonds is 3. The van der Waals surface area contributed by atoms with E-state index in [4.69, 9.17) is 16.7 Å². The lowest BCUT2D eigenvalue weighted by atomic mass is 10.1. The van der Waals surface area contributed by atoms with Gasteiger partial charge in [0.25, 0.3) is 6.43 Å². The Kier molecular flexibility index (Phi) is 4.21. The Labute approximate surface area is 103 Å². The molecule has 1 N–H and O–H groups in total. The molecule has 3 nitrogen and oxygen atoms in total. The monoisotopic (exact) mass is 347 g/mol. The highest BCUT2D eigenvalue weighted by molar-refractivity contribution is 14.1. The van der Waals surface area contributed by atoms with Gasteiger partial charge in [0.05, 0.1) is 11.4 Å². The van der Waals surface area contributed by atoms with E-state index in [0.29, 0.717) is 0 Å². The van der Waals surface area contributed by atoms with Crippen LogP contribution < -0.4 is 0 Å². The average Bonchev–Trinajstić information content (AvgIpc) is 2.16. The number of carboxylic acids is 1. The quantitative estimate of drug-likeness (QED) is 0.675. The number of carbonyl (C=O) groups is 1. The third kappa shape index (κ3) is 2.54. The predicted octanol–water partition coefficient (Wildman–Crippen LogP) is 3.06. The molecule has 0 aliphatic rings. The first kappa shape index (κ1) is 12.6. The van der Waals surface area contributed by atoms with E-state index < -0.39 is 18.1 Å². The Morgan fingerprint density at radius 1 is 1.67 bits per heavy atom. The van der Waals surface area contributed by atoms with Gasteiger partial charge >= 0.3 is 5.97 Å². The van der Waals surface area contributed by atoms with Gasteiger partial charge in [0.2, 0.25) is 0 Å². The molecule has 0 saturated carbocycles. The summed E-state index contributed by atoms with van der Waals surface area (Å²) in [6.07, 6.45) is -1.84. The predicted molar refractivity (Wildman–Crippen MR) is 58.4 cm³/mol. The summed E-state index contributed by atoms with van der Waals surface area (Å²) in [4.78, 5) is 14.1. The molecule has 0 saturated heterocycles. The van der Waals surface area contributed by atoms with Crippen LogP contribution in [0.3, 0.4) is 0 Å². The van der Waals surface area contributed by atoms with Crippen LogP contribution in [0.2, 0.25) is 0 Å². The van der Waals surface area contributed by atoms with E-state index in [1.807, 2.05) is 0 Å². The van der Waals surface area contributed by atoms with Crippen molar-refractivity contribution in [2.24, 2.45) is 0 Å². The standard InChI is InChI=1S/C8H5ClF2INO2/c9-1-3-5(12)4(8(14)15)2-13-6(3)7(10)11/h2,7H,1H2,(H,14,15). The summed E-state index contributed by atoms with van der Waals surface area (Å²) in [6, 6.07) is 0. The number of aromatic nitrogens is 1. The van der Waals surface area contributed by atoms with E-state index in [1.54, 1.807) is 22.6 Å². The van der Waals surface area contributed by atoms with Crippen molar-refractivity contribution in [2.45, 2.75) is 12.3 Å². The summed E-state index contributed by atoms with van der Waals surface area (Å²) in [6.45, 7) is 0. The third-order valence-corrected chi connectivity index (χ3v) is 3.21. The molecule has 0 aliphatic carbocycles. The van der Waals surface area contributed by atoms with Gasteiger partial charge in [-0.05, 0) is 22.6 Å². The zero-order valence-electron chi connectivity index (χ0n) is 7.18. The van der Waals surface area contributed by atoms with Gasteiger partial charge in [-0.2, -0.15) is 0 Å². The van der Waals surface area contributed by atoms with E-state index in [0.717, 1.165) is 6.20 Å². The lowest BCUT2D eigenvalue weighted by molar-refractivity contribution is 0.0694. The first-order valence-corrected chi connectivity index (χ1v) is 5.35. The number of pyridine rings is 1. The second-order valence-corrected chi connectivity index (χ2v) is 3.94. The Bertz CT molecular complexity index is 400. The summed E-state index contributed by atoms with van der Waals surface area (Å²) >= 11 is 7.16. The highest BCUT2D eigenvalue weighted by atomic mass is 127. The van der Waals surface area contributed by atoms with Gasteiger partial charge in [-0.1, -0.05) is 0 Å². The normalized spacial score (nSPS) is 10.7. The first-order chi connectivity index (χ1) is 6.99. The third-order valence-electron chi connectivity index (χ3n) is 1.71. The van der Waals surface area contributed by atoms with Gasteiger partial charge in [0, 0.05) is 15.3 Å².